The zero-order chi connectivity index (χ0) is 15.8. The molecule has 2 aromatic heterocycles. The van der Waals surface area contributed by atoms with Gasteiger partial charge in [0.05, 0.1) is 6.04 Å². The van der Waals surface area contributed by atoms with E-state index in [0.29, 0.717) is 12.1 Å². The predicted molar refractivity (Wildman–Crippen MR) is 92.4 cm³/mol. The van der Waals surface area contributed by atoms with Gasteiger partial charge in [0.2, 0.25) is 0 Å². The number of likely N-dealkylation sites (N-methyl/N-ethyl adjacent to an activating group) is 1. The lowest BCUT2D eigenvalue weighted by Crippen LogP contribution is -2.39. The van der Waals surface area contributed by atoms with E-state index in [4.69, 9.17) is 4.98 Å². The van der Waals surface area contributed by atoms with Crippen LogP contribution in [0.1, 0.15) is 44.0 Å². The topological polar surface area (TPSA) is 37.2 Å². The fourth-order valence-corrected chi connectivity index (χ4v) is 4.23. The molecule has 2 aliphatic heterocycles. The van der Waals surface area contributed by atoms with E-state index in [0.717, 1.165) is 17.7 Å². The number of hydrogen-bond donors (Lipinski definition) is 0. The molecule has 0 spiro atoms. The van der Waals surface area contributed by atoms with Gasteiger partial charge in [0, 0.05) is 18.8 Å². The van der Waals surface area contributed by atoms with Crippen LogP contribution >= 0.6 is 0 Å². The number of fused-ring (bicyclic) bond motifs is 1. The minimum atomic E-state index is 0.443. The molecule has 0 aliphatic carbocycles. The van der Waals surface area contributed by atoms with Gasteiger partial charge in [0.1, 0.15) is 11.3 Å². The van der Waals surface area contributed by atoms with E-state index in [1.165, 1.54) is 51.0 Å². The van der Waals surface area contributed by atoms with Crippen LogP contribution in [-0.4, -0.2) is 57.6 Å². The SMILES string of the molecule is CN1CCCCC1Cn1c(C2CCCN2C)nc2cccnc21. The van der Waals surface area contributed by atoms with Crippen LogP contribution in [0.3, 0.4) is 0 Å². The highest BCUT2D eigenvalue weighted by Gasteiger charge is 2.30. The predicted octanol–water partition coefficient (Wildman–Crippen LogP) is 2.68. The number of imidazole rings is 1. The average molecular weight is 313 g/mol. The van der Waals surface area contributed by atoms with Crippen LogP contribution in [-0.2, 0) is 6.54 Å². The van der Waals surface area contributed by atoms with Crippen molar-refractivity contribution in [1.82, 2.24) is 24.3 Å². The molecule has 4 heterocycles. The zero-order valence-electron chi connectivity index (χ0n) is 14.3. The van der Waals surface area contributed by atoms with Crippen molar-refractivity contribution >= 4 is 11.2 Å². The summed E-state index contributed by atoms with van der Waals surface area (Å²) in [5.74, 6) is 1.22. The lowest BCUT2D eigenvalue weighted by Gasteiger charge is -2.33. The number of likely N-dealkylation sites (tertiary alicyclic amines) is 2. The molecule has 5 heteroatoms. The van der Waals surface area contributed by atoms with Crippen molar-refractivity contribution in [3.05, 3.63) is 24.2 Å². The Bertz CT molecular complexity index is 679. The number of aromatic nitrogens is 3. The molecule has 0 amide bonds. The van der Waals surface area contributed by atoms with Crippen LogP contribution in [0.2, 0.25) is 0 Å². The maximum Gasteiger partial charge on any atom is 0.160 e. The van der Waals surface area contributed by atoms with Crippen LogP contribution < -0.4 is 0 Å². The van der Waals surface area contributed by atoms with Crippen molar-refractivity contribution < 1.29 is 0 Å². The van der Waals surface area contributed by atoms with Gasteiger partial charge in [0.25, 0.3) is 0 Å². The third-order valence-corrected chi connectivity index (χ3v) is 5.67. The molecule has 2 atom stereocenters. The molecule has 0 radical (unpaired) electrons. The first kappa shape index (κ1) is 15.1. The third-order valence-electron chi connectivity index (χ3n) is 5.67. The third kappa shape index (κ3) is 2.76. The molecular weight excluding hydrogens is 286 g/mol. The Morgan fingerprint density at radius 1 is 1.09 bits per heavy atom. The lowest BCUT2D eigenvalue weighted by atomic mass is 10.0. The summed E-state index contributed by atoms with van der Waals surface area (Å²) in [4.78, 5) is 14.6. The number of hydrogen-bond acceptors (Lipinski definition) is 4. The lowest BCUT2D eigenvalue weighted by molar-refractivity contribution is 0.165. The largest absolute Gasteiger partial charge is 0.310 e. The highest BCUT2D eigenvalue weighted by Crippen LogP contribution is 2.32. The number of nitrogens with zero attached hydrogens (tertiary/aromatic N) is 5. The molecule has 2 fully saturated rings. The van der Waals surface area contributed by atoms with Crippen LogP contribution in [0, 0.1) is 0 Å². The van der Waals surface area contributed by atoms with E-state index in [2.05, 4.69) is 39.5 Å². The molecule has 0 saturated carbocycles. The fraction of sp³-hybridized carbons (Fsp3) is 0.667. The Labute approximate surface area is 138 Å². The van der Waals surface area contributed by atoms with E-state index in [1.807, 2.05) is 12.3 Å². The van der Waals surface area contributed by atoms with Gasteiger partial charge in [-0.25, -0.2) is 9.97 Å². The summed E-state index contributed by atoms with van der Waals surface area (Å²) < 4.78 is 2.41. The van der Waals surface area contributed by atoms with E-state index < -0.39 is 0 Å². The molecular formula is C18H27N5. The second-order valence-corrected chi connectivity index (χ2v) is 7.20. The molecule has 124 valence electrons. The summed E-state index contributed by atoms with van der Waals surface area (Å²) >= 11 is 0. The first-order valence-electron chi connectivity index (χ1n) is 8.95. The van der Waals surface area contributed by atoms with Crippen molar-refractivity contribution in [2.45, 2.75) is 50.7 Å². The number of rotatable bonds is 3. The molecule has 0 N–H and O–H groups in total. The Morgan fingerprint density at radius 2 is 1.96 bits per heavy atom. The van der Waals surface area contributed by atoms with Crippen molar-refractivity contribution in [3.8, 4) is 0 Å². The standard InChI is InChI=1S/C18H27N5/c1-21-11-4-3-7-14(21)13-23-17-15(8-5-10-19-17)20-18(23)16-9-6-12-22(16)2/h5,8,10,14,16H,3-4,6-7,9,11-13H2,1-2H3. The molecule has 23 heavy (non-hydrogen) atoms. The van der Waals surface area contributed by atoms with Gasteiger partial charge in [-0.05, 0) is 65.0 Å². The molecule has 2 aromatic rings. The summed E-state index contributed by atoms with van der Waals surface area (Å²) in [5.41, 5.74) is 2.10. The summed E-state index contributed by atoms with van der Waals surface area (Å²) in [6.07, 6.45) is 8.32. The van der Waals surface area contributed by atoms with Crippen LogP contribution in [0.5, 0.6) is 0 Å². The molecule has 2 unspecified atom stereocenters. The second-order valence-electron chi connectivity index (χ2n) is 7.20. The average Bonchev–Trinajstić information content (AvgIpc) is 3.13. The van der Waals surface area contributed by atoms with Crippen molar-refractivity contribution in [2.24, 2.45) is 0 Å². The van der Waals surface area contributed by atoms with Crippen molar-refractivity contribution in [1.29, 1.82) is 0 Å². The first-order chi connectivity index (χ1) is 11.2. The molecule has 5 nitrogen and oxygen atoms in total. The van der Waals surface area contributed by atoms with Crippen LogP contribution in [0.25, 0.3) is 11.2 Å². The van der Waals surface area contributed by atoms with Gasteiger partial charge < -0.3 is 9.47 Å². The molecule has 2 aliphatic rings. The highest BCUT2D eigenvalue weighted by atomic mass is 15.2. The quantitative estimate of drug-likeness (QED) is 0.873. The Hall–Kier alpha value is -1.46. The van der Waals surface area contributed by atoms with Crippen molar-refractivity contribution in [3.63, 3.8) is 0 Å². The van der Waals surface area contributed by atoms with Gasteiger partial charge in [-0.2, -0.15) is 0 Å². The monoisotopic (exact) mass is 313 g/mol. The maximum atomic E-state index is 4.98. The molecule has 0 bridgehead atoms. The molecule has 4 rings (SSSR count). The van der Waals surface area contributed by atoms with Gasteiger partial charge >= 0.3 is 0 Å². The normalized spacial score (nSPS) is 27.0. The fourth-order valence-electron chi connectivity index (χ4n) is 4.23. The summed E-state index contributed by atoms with van der Waals surface area (Å²) in [5, 5.41) is 0. The van der Waals surface area contributed by atoms with Gasteiger partial charge in [-0.1, -0.05) is 6.42 Å². The number of pyridine rings is 1. The van der Waals surface area contributed by atoms with Crippen molar-refractivity contribution in [2.75, 3.05) is 27.2 Å². The minimum absolute atomic E-state index is 0.443. The number of piperidine rings is 1. The Kier molecular flexibility index (Phi) is 4.07. The Balaban J connectivity index is 1.73. The van der Waals surface area contributed by atoms with Gasteiger partial charge in [0.15, 0.2) is 5.65 Å². The first-order valence-corrected chi connectivity index (χ1v) is 8.95. The molecule has 0 aromatic carbocycles. The van der Waals surface area contributed by atoms with Gasteiger partial charge in [-0.15, -0.1) is 0 Å². The van der Waals surface area contributed by atoms with Crippen LogP contribution in [0.4, 0.5) is 0 Å². The smallest absolute Gasteiger partial charge is 0.160 e. The van der Waals surface area contributed by atoms with Crippen LogP contribution in [0.15, 0.2) is 18.3 Å². The minimum Gasteiger partial charge on any atom is -0.310 e. The molecule has 2 saturated heterocycles. The van der Waals surface area contributed by atoms with E-state index >= 15 is 0 Å². The zero-order valence-corrected chi connectivity index (χ0v) is 14.3. The van der Waals surface area contributed by atoms with Gasteiger partial charge in [-0.3, -0.25) is 4.90 Å². The van der Waals surface area contributed by atoms with E-state index in [-0.39, 0.29) is 0 Å². The summed E-state index contributed by atoms with van der Waals surface area (Å²) in [7, 11) is 4.49. The summed E-state index contributed by atoms with van der Waals surface area (Å²) in [6.45, 7) is 3.40. The van der Waals surface area contributed by atoms with E-state index in [9.17, 15) is 0 Å². The Morgan fingerprint density at radius 3 is 2.74 bits per heavy atom. The second kappa shape index (κ2) is 6.21. The maximum absolute atomic E-state index is 4.98. The highest BCUT2D eigenvalue weighted by molar-refractivity contribution is 5.71. The van der Waals surface area contributed by atoms with E-state index in [1.54, 1.807) is 0 Å². The summed E-state index contributed by atoms with van der Waals surface area (Å²) in [6, 6.07) is 5.14.